The van der Waals surface area contributed by atoms with Crippen molar-refractivity contribution in [3.63, 3.8) is 0 Å². The Morgan fingerprint density at radius 3 is 2.83 bits per heavy atom. The van der Waals surface area contributed by atoms with Crippen molar-refractivity contribution in [3.8, 4) is 6.07 Å². The highest BCUT2D eigenvalue weighted by Crippen LogP contribution is 2.34. The molecule has 1 aliphatic carbocycles. The van der Waals surface area contributed by atoms with E-state index in [2.05, 4.69) is 15.4 Å². The van der Waals surface area contributed by atoms with Crippen molar-refractivity contribution >= 4 is 11.4 Å². The quantitative estimate of drug-likeness (QED) is 0.943. The number of hydrogen-bond acceptors (Lipinski definition) is 4. The Labute approximate surface area is 130 Å². The molecule has 8 heteroatoms. The molecule has 0 saturated heterocycles. The zero-order valence-corrected chi connectivity index (χ0v) is 11.9. The standard InChI is InChI=1S/C15H12F3N5/c16-15(17,18)14-6-12(2-1-10(14)7-19)22-11-3-4-13(5-11)23-9-20-8-21-23/h1-2,5-6,8-9,11,22H,3-4H2. The number of benzene rings is 1. The van der Waals surface area contributed by atoms with E-state index in [0.717, 1.165) is 24.6 Å². The summed E-state index contributed by atoms with van der Waals surface area (Å²) in [5, 5.41) is 15.9. The van der Waals surface area contributed by atoms with Gasteiger partial charge in [0.25, 0.3) is 0 Å². The lowest BCUT2D eigenvalue weighted by molar-refractivity contribution is -0.137. The van der Waals surface area contributed by atoms with Gasteiger partial charge in [-0.05, 0) is 37.1 Å². The maximum Gasteiger partial charge on any atom is 0.417 e. The number of aromatic nitrogens is 3. The minimum Gasteiger partial charge on any atom is -0.379 e. The van der Waals surface area contributed by atoms with E-state index in [1.54, 1.807) is 17.1 Å². The van der Waals surface area contributed by atoms with E-state index in [1.807, 2.05) is 6.08 Å². The summed E-state index contributed by atoms with van der Waals surface area (Å²) in [7, 11) is 0. The van der Waals surface area contributed by atoms with Crippen molar-refractivity contribution in [1.29, 1.82) is 5.26 Å². The van der Waals surface area contributed by atoms with Gasteiger partial charge in [-0.25, -0.2) is 9.67 Å². The van der Waals surface area contributed by atoms with Crippen LogP contribution in [0.4, 0.5) is 18.9 Å². The Bertz CT molecular complexity index is 771. The van der Waals surface area contributed by atoms with E-state index < -0.39 is 11.7 Å². The predicted octanol–water partition coefficient (Wildman–Crippen LogP) is 3.28. The molecule has 1 heterocycles. The zero-order chi connectivity index (χ0) is 16.4. The van der Waals surface area contributed by atoms with Gasteiger partial charge in [0.05, 0.1) is 17.2 Å². The van der Waals surface area contributed by atoms with Crippen molar-refractivity contribution in [3.05, 3.63) is 48.1 Å². The van der Waals surface area contributed by atoms with Crippen LogP contribution in [-0.4, -0.2) is 20.8 Å². The van der Waals surface area contributed by atoms with Gasteiger partial charge in [-0.3, -0.25) is 0 Å². The first-order valence-corrected chi connectivity index (χ1v) is 6.91. The molecule has 3 rings (SSSR count). The normalized spacial score (nSPS) is 17.7. The Morgan fingerprint density at radius 1 is 1.35 bits per heavy atom. The van der Waals surface area contributed by atoms with Crippen LogP contribution in [0, 0.1) is 11.3 Å². The molecule has 2 aromatic rings. The maximum absolute atomic E-state index is 13.0. The SMILES string of the molecule is N#Cc1ccc(NC2C=C(n3cncn3)CC2)cc1C(F)(F)F. The van der Waals surface area contributed by atoms with Gasteiger partial charge < -0.3 is 5.32 Å². The molecule has 0 saturated carbocycles. The van der Waals surface area contributed by atoms with E-state index >= 15 is 0 Å². The van der Waals surface area contributed by atoms with Crippen LogP contribution >= 0.6 is 0 Å². The molecule has 118 valence electrons. The van der Waals surface area contributed by atoms with Gasteiger partial charge in [-0.1, -0.05) is 0 Å². The maximum atomic E-state index is 13.0. The number of alkyl halides is 3. The minimum absolute atomic E-state index is 0.0942. The molecule has 0 bridgehead atoms. The summed E-state index contributed by atoms with van der Waals surface area (Å²) >= 11 is 0. The van der Waals surface area contributed by atoms with Crippen LogP contribution in [0.5, 0.6) is 0 Å². The number of nitrogens with one attached hydrogen (secondary N) is 1. The van der Waals surface area contributed by atoms with E-state index in [9.17, 15) is 13.2 Å². The Hall–Kier alpha value is -2.82. The average Bonchev–Trinajstić information content (AvgIpc) is 3.17. The van der Waals surface area contributed by atoms with Gasteiger partial charge in [0.2, 0.25) is 0 Å². The molecule has 5 nitrogen and oxygen atoms in total. The predicted molar refractivity (Wildman–Crippen MR) is 77.1 cm³/mol. The van der Waals surface area contributed by atoms with Crippen LogP contribution in [-0.2, 0) is 6.18 Å². The molecule has 0 radical (unpaired) electrons. The first-order chi connectivity index (χ1) is 11.0. The molecule has 1 aromatic heterocycles. The molecule has 1 unspecified atom stereocenters. The summed E-state index contributed by atoms with van der Waals surface area (Å²) in [6, 6.07) is 5.11. The fraction of sp³-hybridized carbons (Fsp3) is 0.267. The summed E-state index contributed by atoms with van der Waals surface area (Å²) in [6.45, 7) is 0. The molecule has 0 aliphatic heterocycles. The number of nitrogens with zero attached hydrogens (tertiary/aromatic N) is 4. The second kappa shape index (κ2) is 5.76. The highest BCUT2D eigenvalue weighted by atomic mass is 19.4. The second-order valence-corrected chi connectivity index (χ2v) is 5.16. The number of hydrogen-bond donors (Lipinski definition) is 1. The summed E-state index contributed by atoms with van der Waals surface area (Å²) in [5.41, 5.74) is -0.0288. The Balaban J connectivity index is 1.80. The third-order valence-corrected chi connectivity index (χ3v) is 3.62. The van der Waals surface area contributed by atoms with E-state index in [1.165, 1.54) is 18.5 Å². The highest BCUT2D eigenvalue weighted by Gasteiger charge is 2.34. The summed E-state index contributed by atoms with van der Waals surface area (Å²) in [6.07, 6.45) is 1.87. The van der Waals surface area contributed by atoms with E-state index in [4.69, 9.17) is 5.26 Å². The van der Waals surface area contributed by atoms with Gasteiger partial charge in [0.1, 0.15) is 12.7 Å². The van der Waals surface area contributed by atoms with Crippen molar-refractivity contribution in [1.82, 2.24) is 14.8 Å². The van der Waals surface area contributed by atoms with Gasteiger partial charge in [0.15, 0.2) is 0 Å². The fourth-order valence-corrected chi connectivity index (χ4v) is 2.54. The summed E-state index contributed by atoms with van der Waals surface area (Å²) < 4.78 is 40.5. The van der Waals surface area contributed by atoms with Gasteiger partial charge in [-0.2, -0.15) is 23.5 Å². The lowest BCUT2D eigenvalue weighted by Crippen LogP contribution is -2.15. The average molecular weight is 319 g/mol. The lowest BCUT2D eigenvalue weighted by Gasteiger charge is -2.15. The van der Waals surface area contributed by atoms with Crippen molar-refractivity contribution in [2.24, 2.45) is 0 Å². The van der Waals surface area contributed by atoms with Crippen LogP contribution in [0.3, 0.4) is 0 Å². The fourth-order valence-electron chi connectivity index (χ4n) is 2.54. The molecule has 23 heavy (non-hydrogen) atoms. The number of nitriles is 1. The molecular formula is C15H12F3N5. The number of rotatable bonds is 3. The number of halogens is 3. The van der Waals surface area contributed by atoms with Crippen molar-refractivity contribution < 1.29 is 13.2 Å². The van der Waals surface area contributed by atoms with E-state index in [0.29, 0.717) is 5.69 Å². The second-order valence-electron chi connectivity index (χ2n) is 5.16. The Morgan fingerprint density at radius 2 is 2.17 bits per heavy atom. The molecule has 1 N–H and O–H groups in total. The third-order valence-electron chi connectivity index (χ3n) is 3.62. The Kier molecular flexibility index (Phi) is 3.78. The van der Waals surface area contributed by atoms with Crippen LogP contribution in [0.2, 0.25) is 0 Å². The largest absolute Gasteiger partial charge is 0.417 e. The first kappa shape index (κ1) is 15.1. The van der Waals surface area contributed by atoms with Crippen LogP contribution in [0.25, 0.3) is 5.70 Å². The number of allylic oxidation sites excluding steroid dienone is 1. The molecule has 0 spiro atoms. The molecular weight excluding hydrogens is 307 g/mol. The van der Waals surface area contributed by atoms with Gasteiger partial charge >= 0.3 is 6.18 Å². The zero-order valence-electron chi connectivity index (χ0n) is 11.9. The molecule has 0 fully saturated rings. The third kappa shape index (κ3) is 3.18. The van der Waals surface area contributed by atoms with Crippen LogP contribution in [0.1, 0.15) is 24.0 Å². The molecule has 1 atom stereocenters. The molecule has 0 amide bonds. The lowest BCUT2D eigenvalue weighted by atomic mass is 10.1. The topological polar surface area (TPSA) is 66.5 Å². The minimum atomic E-state index is -4.56. The van der Waals surface area contributed by atoms with Gasteiger partial charge in [0, 0.05) is 17.4 Å². The van der Waals surface area contributed by atoms with Gasteiger partial charge in [-0.15, -0.1) is 0 Å². The van der Waals surface area contributed by atoms with Crippen LogP contribution in [0.15, 0.2) is 36.9 Å². The van der Waals surface area contributed by atoms with E-state index in [-0.39, 0.29) is 11.6 Å². The first-order valence-electron chi connectivity index (χ1n) is 6.91. The summed E-state index contributed by atoms with van der Waals surface area (Å²) in [4.78, 5) is 3.87. The smallest absolute Gasteiger partial charge is 0.379 e. The van der Waals surface area contributed by atoms with Crippen molar-refractivity contribution in [2.45, 2.75) is 25.1 Å². The molecule has 1 aliphatic rings. The van der Waals surface area contributed by atoms with Crippen molar-refractivity contribution in [2.75, 3.05) is 5.32 Å². The number of anilines is 1. The highest BCUT2D eigenvalue weighted by molar-refractivity contribution is 5.57. The monoisotopic (exact) mass is 319 g/mol. The summed E-state index contributed by atoms with van der Waals surface area (Å²) in [5.74, 6) is 0. The van der Waals surface area contributed by atoms with Crippen LogP contribution < -0.4 is 5.32 Å². The molecule has 1 aromatic carbocycles.